The van der Waals surface area contributed by atoms with Gasteiger partial charge >= 0.3 is 6.09 Å². The molecule has 0 radical (unpaired) electrons. The number of benzene rings is 1. The smallest absolute Gasteiger partial charge is 0.407 e. The van der Waals surface area contributed by atoms with Crippen LogP contribution in [0.2, 0.25) is 0 Å². The third-order valence-electron chi connectivity index (χ3n) is 3.58. The zero-order chi connectivity index (χ0) is 17.0. The predicted octanol–water partition coefficient (Wildman–Crippen LogP) is 3.98. The van der Waals surface area contributed by atoms with Crippen molar-refractivity contribution in [1.82, 2.24) is 10.6 Å². The van der Waals surface area contributed by atoms with E-state index < -0.39 is 11.7 Å². The molecule has 0 aliphatic heterocycles. The van der Waals surface area contributed by atoms with E-state index in [9.17, 15) is 9.18 Å². The minimum Gasteiger partial charge on any atom is -0.444 e. The fourth-order valence-electron chi connectivity index (χ4n) is 2.33. The molecule has 2 N–H and O–H groups in total. The Bertz CT molecular complexity index is 556. The highest BCUT2D eigenvalue weighted by atomic mass is 79.9. The minimum absolute atomic E-state index is 0.0139. The molecule has 1 atom stereocenters. The number of rotatable bonds is 6. The summed E-state index contributed by atoms with van der Waals surface area (Å²) in [4.78, 5) is 11.9. The van der Waals surface area contributed by atoms with Gasteiger partial charge in [-0.05, 0) is 57.7 Å². The summed E-state index contributed by atoms with van der Waals surface area (Å²) in [5.41, 5.74) is 0.0941. The number of halogens is 2. The Morgan fingerprint density at radius 3 is 2.74 bits per heavy atom. The molecular formula is C17H24BrFN2O2. The molecule has 1 amide bonds. The summed E-state index contributed by atoms with van der Waals surface area (Å²) in [6.45, 7) is 6.54. The topological polar surface area (TPSA) is 50.4 Å². The summed E-state index contributed by atoms with van der Waals surface area (Å²) in [6.07, 6.45) is 1.81. The van der Waals surface area contributed by atoms with E-state index in [1.165, 1.54) is 6.07 Å². The van der Waals surface area contributed by atoms with Crippen molar-refractivity contribution in [3.63, 3.8) is 0 Å². The van der Waals surface area contributed by atoms with Crippen molar-refractivity contribution in [1.29, 1.82) is 0 Å². The van der Waals surface area contributed by atoms with E-state index in [4.69, 9.17) is 4.74 Å². The van der Waals surface area contributed by atoms with Gasteiger partial charge in [0.2, 0.25) is 0 Å². The molecule has 1 fully saturated rings. The second-order valence-corrected chi connectivity index (χ2v) is 7.87. The lowest BCUT2D eigenvalue weighted by molar-refractivity contribution is 0.0497. The third kappa shape index (κ3) is 6.47. The second-order valence-electron chi connectivity index (χ2n) is 6.96. The maximum atomic E-state index is 13.7. The molecule has 23 heavy (non-hydrogen) atoms. The lowest BCUT2D eigenvalue weighted by Gasteiger charge is -2.24. The molecule has 1 unspecified atom stereocenters. The average molecular weight is 387 g/mol. The van der Waals surface area contributed by atoms with Crippen LogP contribution in [0, 0.1) is 11.7 Å². The number of hydrogen-bond acceptors (Lipinski definition) is 3. The number of carbonyl (C=O) groups excluding carboxylic acids is 1. The molecule has 1 aliphatic rings. The van der Waals surface area contributed by atoms with Gasteiger partial charge in [0, 0.05) is 29.2 Å². The molecular weight excluding hydrogens is 363 g/mol. The Kier molecular flexibility index (Phi) is 6.03. The van der Waals surface area contributed by atoms with Crippen LogP contribution in [-0.4, -0.2) is 24.3 Å². The van der Waals surface area contributed by atoms with Crippen LogP contribution in [0.5, 0.6) is 0 Å². The maximum absolute atomic E-state index is 13.7. The van der Waals surface area contributed by atoms with Crippen LogP contribution in [0.4, 0.5) is 9.18 Å². The normalized spacial score (nSPS) is 16.0. The molecule has 2 rings (SSSR count). The van der Waals surface area contributed by atoms with Gasteiger partial charge < -0.3 is 15.4 Å². The van der Waals surface area contributed by atoms with E-state index in [0.717, 1.165) is 17.3 Å². The van der Waals surface area contributed by atoms with Crippen molar-refractivity contribution in [3.05, 3.63) is 34.1 Å². The van der Waals surface area contributed by atoms with E-state index in [-0.39, 0.29) is 11.9 Å². The van der Waals surface area contributed by atoms with Crippen molar-refractivity contribution in [2.75, 3.05) is 6.54 Å². The summed E-state index contributed by atoms with van der Waals surface area (Å²) in [5.74, 6) is 0.242. The van der Waals surface area contributed by atoms with Crippen LogP contribution in [0.1, 0.15) is 39.2 Å². The summed E-state index contributed by atoms with van der Waals surface area (Å²) in [7, 11) is 0. The van der Waals surface area contributed by atoms with Crippen molar-refractivity contribution < 1.29 is 13.9 Å². The van der Waals surface area contributed by atoms with E-state index >= 15 is 0 Å². The van der Waals surface area contributed by atoms with Gasteiger partial charge in [0.15, 0.2) is 0 Å². The van der Waals surface area contributed by atoms with Gasteiger partial charge in [0.05, 0.1) is 0 Å². The first kappa shape index (κ1) is 18.2. The van der Waals surface area contributed by atoms with Crippen LogP contribution < -0.4 is 10.6 Å². The fraction of sp³-hybridized carbons (Fsp3) is 0.588. The highest BCUT2D eigenvalue weighted by Gasteiger charge is 2.33. The molecule has 0 heterocycles. The van der Waals surface area contributed by atoms with Gasteiger partial charge in [-0.25, -0.2) is 9.18 Å². The molecule has 1 saturated carbocycles. The van der Waals surface area contributed by atoms with Crippen LogP contribution in [0.3, 0.4) is 0 Å². The highest BCUT2D eigenvalue weighted by molar-refractivity contribution is 9.10. The van der Waals surface area contributed by atoms with Gasteiger partial charge in [-0.15, -0.1) is 0 Å². The zero-order valence-electron chi connectivity index (χ0n) is 13.8. The van der Waals surface area contributed by atoms with Gasteiger partial charge in [0.1, 0.15) is 11.4 Å². The Labute approximate surface area is 145 Å². The first-order chi connectivity index (χ1) is 10.7. The largest absolute Gasteiger partial charge is 0.444 e. The summed E-state index contributed by atoms with van der Waals surface area (Å²) in [6, 6.07) is 4.89. The monoisotopic (exact) mass is 386 g/mol. The maximum Gasteiger partial charge on any atom is 0.407 e. The van der Waals surface area contributed by atoms with Crippen molar-refractivity contribution in [3.8, 4) is 0 Å². The van der Waals surface area contributed by atoms with Crippen LogP contribution in [0.25, 0.3) is 0 Å². The summed E-state index contributed by atoms with van der Waals surface area (Å²) in [5, 5.41) is 6.15. The Morgan fingerprint density at radius 1 is 1.43 bits per heavy atom. The quantitative estimate of drug-likeness (QED) is 0.777. The number of amides is 1. The van der Waals surface area contributed by atoms with Crippen molar-refractivity contribution in [2.45, 2.75) is 51.8 Å². The highest BCUT2D eigenvalue weighted by Crippen LogP contribution is 2.32. The molecule has 0 bridgehead atoms. The SMILES string of the molecule is CC(C)(C)OC(=O)NC(CNCc1cc(Br)ccc1F)C1CC1. The summed E-state index contributed by atoms with van der Waals surface area (Å²) < 4.78 is 19.9. The second kappa shape index (κ2) is 7.62. The third-order valence-corrected chi connectivity index (χ3v) is 4.07. The zero-order valence-corrected chi connectivity index (χ0v) is 15.4. The molecule has 6 heteroatoms. The standard InChI is InChI=1S/C17H24BrFN2O2/c1-17(2,3)23-16(22)21-15(11-4-5-11)10-20-9-12-8-13(18)6-7-14(12)19/h6-8,11,15,20H,4-5,9-10H2,1-3H3,(H,21,22). The minimum atomic E-state index is -0.509. The van der Waals surface area contributed by atoms with Crippen LogP contribution in [-0.2, 0) is 11.3 Å². The molecule has 1 aliphatic carbocycles. The lowest BCUT2D eigenvalue weighted by atomic mass is 10.1. The van der Waals surface area contributed by atoms with Crippen LogP contribution in [0.15, 0.2) is 22.7 Å². The van der Waals surface area contributed by atoms with E-state index in [1.807, 2.05) is 20.8 Å². The molecule has 0 saturated heterocycles. The molecule has 4 nitrogen and oxygen atoms in total. The van der Waals surface area contributed by atoms with E-state index in [1.54, 1.807) is 12.1 Å². The Balaban J connectivity index is 1.83. The van der Waals surface area contributed by atoms with Gasteiger partial charge in [0.25, 0.3) is 0 Å². The first-order valence-corrected chi connectivity index (χ1v) is 8.68. The van der Waals surface area contributed by atoms with Gasteiger partial charge in [-0.1, -0.05) is 15.9 Å². The number of ether oxygens (including phenoxy) is 1. The molecule has 0 aromatic heterocycles. The number of carbonyl (C=O) groups is 1. The average Bonchev–Trinajstić information content (AvgIpc) is 3.24. The Hall–Kier alpha value is -1.14. The van der Waals surface area contributed by atoms with Crippen molar-refractivity contribution >= 4 is 22.0 Å². The van der Waals surface area contributed by atoms with Gasteiger partial charge in [-0.2, -0.15) is 0 Å². The number of hydrogen-bond donors (Lipinski definition) is 2. The number of nitrogens with one attached hydrogen (secondary N) is 2. The Morgan fingerprint density at radius 2 is 2.13 bits per heavy atom. The molecule has 0 spiro atoms. The summed E-state index contributed by atoms with van der Waals surface area (Å²) >= 11 is 3.34. The molecule has 1 aromatic rings. The van der Waals surface area contributed by atoms with E-state index in [2.05, 4.69) is 26.6 Å². The predicted molar refractivity (Wildman–Crippen MR) is 91.7 cm³/mol. The van der Waals surface area contributed by atoms with E-state index in [0.29, 0.717) is 24.6 Å². The van der Waals surface area contributed by atoms with Crippen molar-refractivity contribution in [2.24, 2.45) is 5.92 Å². The van der Waals surface area contributed by atoms with Crippen LogP contribution >= 0.6 is 15.9 Å². The molecule has 128 valence electrons. The van der Waals surface area contributed by atoms with Gasteiger partial charge in [-0.3, -0.25) is 0 Å². The lowest BCUT2D eigenvalue weighted by Crippen LogP contribution is -2.45. The fourth-order valence-corrected chi connectivity index (χ4v) is 2.74. The first-order valence-electron chi connectivity index (χ1n) is 7.89. The number of alkyl carbamates (subject to hydrolysis) is 1. The molecule has 1 aromatic carbocycles.